The number of sulfone groups is 1. The van der Waals surface area contributed by atoms with Crippen LogP contribution >= 0.6 is 23.5 Å². The van der Waals surface area contributed by atoms with E-state index in [0.717, 1.165) is 13.1 Å². The van der Waals surface area contributed by atoms with Gasteiger partial charge in [0.15, 0.2) is 9.84 Å². The highest BCUT2D eigenvalue weighted by molar-refractivity contribution is 8.42. The molecular weight excluding hydrogens is 362 g/mol. The first-order chi connectivity index (χ1) is 9.40. The van der Waals surface area contributed by atoms with Crippen molar-refractivity contribution in [3.63, 3.8) is 0 Å². The summed E-state index contributed by atoms with van der Waals surface area (Å²) >= 11 is 3.54. The van der Waals surface area contributed by atoms with Crippen molar-refractivity contribution in [1.29, 1.82) is 0 Å². The Balaban J connectivity index is 0.000000383. The summed E-state index contributed by atoms with van der Waals surface area (Å²) in [6.07, 6.45) is 0. The van der Waals surface area contributed by atoms with Crippen molar-refractivity contribution < 1.29 is 41.9 Å². The fourth-order valence-electron chi connectivity index (χ4n) is 2.22. The molecule has 0 bridgehead atoms. The number of hydrogen-bond donors (Lipinski definition) is 0. The number of fused-ring (bicyclic) bond motifs is 1. The van der Waals surface area contributed by atoms with E-state index in [0.29, 0.717) is 11.5 Å². The van der Waals surface area contributed by atoms with Gasteiger partial charge in [0.05, 0.1) is 16.3 Å². The minimum atomic E-state index is -4.94. The second kappa shape index (κ2) is 6.91. The lowest BCUT2D eigenvalue weighted by atomic mass is 10.1. The molecule has 0 amide bonds. The molecule has 11 heteroatoms. The van der Waals surface area contributed by atoms with Gasteiger partial charge >= 0.3 is 0 Å². The monoisotopic (exact) mass is 379 g/mol. The van der Waals surface area contributed by atoms with E-state index in [9.17, 15) is 8.42 Å². The Morgan fingerprint density at radius 2 is 1.76 bits per heavy atom. The SMILES string of the molecule is CC[N+](CC)=C1SC2CS(=O)(=O)CC2(C)S1.[O-][Cl+3]([O-])([O-])[O-]. The fourth-order valence-corrected chi connectivity index (χ4v) is 9.50. The van der Waals surface area contributed by atoms with Crippen LogP contribution in [0.4, 0.5) is 0 Å². The van der Waals surface area contributed by atoms with Gasteiger partial charge in [-0.2, -0.15) is 0 Å². The van der Waals surface area contributed by atoms with Crippen molar-refractivity contribution in [2.75, 3.05) is 24.6 Å². The highest BCUT2D eigenvalue weighted by Gasteiger charge is 2.56. The zero-order valence-electron chi connectivity index (χ0n) is 11.9. The third kappa shape index (κ3) is 5.87. The maximum absolute atomic E-state index is 11.6. The molecule has 2 atom stereocenters. The summed E-state index contributed by atoms with van der Waals surface area (Å²) in [6.45, 7) is 8.38. The molecule has 0 aromatic rings. The van der Waals surface area contributed by atoms with Crippen molar-refractivity contribution in [1.82, 2.24) is 0 Å². The Morgan fingerprint density at radius 1 is 1.29 bits per heavy atom. The van der Waals surface area contributed by atoms with Crippen LogP contribution in [0.3, 0.4) is 0 Å². The molecule has 2 heterocycles. The Kier molecular flexibility index (Phi) is 6.42. The van der Waals surface area contributed by atoms with Crippen LogP contribution in [0.25, 0.3) is 0 Å². The molecule has 124 valence electrons. The first-order valence-corrected chi connectivity index (χ1v) is 10.9. The Hall–Kier alpha value is 0.450. The minimum absolute atomic E-state index is 0.0958. The van der Waals surface area contributed by atoms with Gasteiger partial charge in [-0.05, 0) is 44.3 Å². The first kappa shape index (κ1) is 19.5. The normalized spacial score (nSPS) is 30.6. The number of halogens is 1. The summed E-state index contributed by atoms with van der Waals surface area (Å²) < 4.78 is 60.7. The van der Waals surface area contributed by atoms with E-state index in [-0.39, 0.29) is 10.00 Å². The van der Waals surface area contributed by atoms with Gasteiger partial charge in [-0.15, -0.1) is 10.2 Å². The molecule has 21 heavy (non-hydrogen) atoms. The zero-order chi connectivity index (χ0) is 16.5. The molecule has 0 aromatic carbocycles. The van der Waals surface area contributed by atoms with Gasteiger partial charge < -0.3 is 0 Å². The van der Waals surface area contributed by atoms with Crippen molar-refractivity contribution in [2.45, 2.75) is 30.8 Å². The van der Waals surface area contributed by atoms with Crippen molar-refractivity contribution in [3.05, 3.63) is 0 Å². The average molecular weight is 380 g/mol. The maximum Gasteiger partial charge on any atom is 0.270 e. The van der Waals surface area contributed by atoms with Crippen molar-refractivity contribution >= 4 is 37.7 Å². The average Bonchev–Trinajstić information content (AvgIpc) is 2.63. The van der Waals surface area contributed by atoms with E-state index in [1.807, 2.05) is 0 Å². The highest BCUT2D eigenvalue weighted by atomic mass is 35.7. The predicted octanol–water partition coefficient (Wildman–Crippen LogP) is -3.33. The number of hydrogen-bond acceptors (Lipinski definition) is 8. The van der Waals surface area contributed by atoms with E-state index >= 15 is 0 Å². The maximum atomic E-state index is 11.6. The lowest BCUT2D eigenvalue weighted by Crippen LogP contribution is -2.68. The van der Waals surface area contributed by atoms with E-state index in [1.165, 1.54) is 4.38 Å². The van der Waals surface area contributed by atoms with E-state index in [1.54, 1.807) is 23.5 Å². The standard InChI is InChI=1S/C10H18NO2S3.ClHO4/c1-4-11(5-2)9-14-8-6-16(12,13)7-10(8,3)15-9;2-1(3,4)5/h8H,4-7H2,1-3H3;(H,2,3,4,5)/q+1;/p-1. The molecule has 2 aliphatic heterocycles. The summed E-state index contributed by atoms with van der Waals surface area (Å²) in [6, 6.07) is 0. The van der Waals surface area contributed by atoms with Crippen molar-refractivity contribution in [3.8, 4) is 0 Å². The highest BCUT2D eigenvalue weighted by Crippen LogP contribution is 2.52. The molecule has 0 N–H and O–H groups in total. The van der Waals surface area contributed by atoms with E-state index < -0.39 is 20.1 Å². The molecule has 0 aliphatic carbocycles. The molecule has 2 rings (SSSR count). The number of rotatable bonds is 2. The largest absolute Gasteiger partial charge is 0.270 e. The van der Waals surface area contributed by atoms with Crippen LogP contribution in [0.5, 0.6) is 0 Å². The summed E-state index contributed by atoms with van der Waals surface area (Å²) in [5.74, 6) is 0.693. The predicted molar refractivity (Wildman–Crippen MR) is 72.4 cm³/mol. The summed E-state index contributed by atoms with van der Waals surface area (Å²) in [5, 5.41) is 0.248. The van der Waals surface area contributed by atoms with Crippen LogP contribution in [-0.4, -0.2) is 52.0 Å². The third-order valence-corrected chi connectivity index (χ3v) is 8.90. The van der Waals surface area contributed by atoms with Crippen LogP contribution in [0.2, 0.25) is 0 Å². The van der Waals surface area contributed by atoms with Gasteiger partial charge in [0.2, 0.25) is 0 Å². The molecule has 0 saturated carbocycles. The molecule has 2 saturated heterocycles. The number of thioether (sulfide) groups is 2. The van der Waals surface area contributed by atoms with Gasteiger partial charge in [-0.3, -0.25) is 0 Å². The topological polar surface area (TPSA) is 129 Å². The van der Waals surface area contributed by atoms with Gasteiger partial charge in [0.25, 0.3) is 4.38 Å². The Labute approximate surface area is 135 Å². The molecule has 0 aromatic heterocycles. The fraction of sp³-hybridized carbons (Fsp3) is 0.900. The van der Waals surface area contributed by atoms with Crippen LogP contribution in [0.1, 0.15) is 20.8 Å². The quantitative estimate of drug-likeness (QED) is 0.455. The minimum Gasteiger partial charge on any atom is -0.229 e. The molecule has 0 radical (unpaired) electrons. The third-order valence-electron chi connectivity index (χ3n) is 3.18. The molecule has 7 nitrogen and oxygen atoms in total. The van der Waals surface area contributed by atoms with Gasteiger partial charge in [-0.25, -0.2) is 31.6 Å². The zero-order valence-corrected chi connectivity index (χ0v) is 15.1. The molecule has 2 fully saturated rings. The van der Waals surface area contributed by atoms with Crippen molar-refractivity contribution in [2.24, 2.45) is 0 Å². The molecule has 2 unspecified atom stereocenters. The van der Waals surface area contributed by atoms with Gasteiger partial charge in [0, 0.05) is 5.25 Å². The second-order valence-electron chi connectivity index (χ2n) is 4.89. The Bertz CT molecular complexity index is 505. The lowest BCUT2D eigenvalue weighted by Gasteiger charge is -2.17. The second-order valence-corrected chi connectivity index (χ2v) is 10.7. The van der Waals surface area contributed by atoms with Crippen LogP contribution in [0, 0.1) is 10.2 Å². The smallest absolute Gasteiger partial charge is 0.229 e. The van der Waals surface area contributed by atoms with Crippen LogP contribution in [-0.2, 0) is 9.84 Å². The van der Waals surface area contributed by atoms with Gasteiger partial charge in [0.1, 0.15) is 13.1 Å². The summed E-state index contributed by atoms with van der Waals surface area (Å²) in [4.78, 5) is 0. The number of nitrogens with zero attached hydrogens (tertiary/aromatic N) is 1. The summed E-state index contributed by atoms with van der Waals surface area (Å²) in [7, 11) is -7.74. The molecule has 2 aliphatic rings. The van der Waals surface area contributed by atoms with E-state index in [4.69, 9.17) is 18.6 Å². The Morgan fingerprint density at radius 3 is 2.14 bits per heavy atom. The summed E-state index contributed by atoms with van der Waals surface area (Å²) in [5.41, 5.74) is 0. The van der Waals surface area contributed by atoms with Crippen LogP contribution in [0.15, 0.2) is 0 Å². The van der Waals surface area contributed by atoms with Crippen LogP contribution < -0.4 is 18.6 Å². The molecular formula is C10H18ClNO6S3. The van der Waals surface area contributed by atoms with Gasteiger partial charge in [-0.1, -0.05) is 0 Å². The first-order valence-electron chi connectivity index (χ1n) is 6.20. The molecule has 0 spiro atoms. The lowest BCUT2D eigenvalue weighted by molar-refractivity contribution is -2.00. The van der Waals surface area contributed by atoms with E-state index in [2.05, 4.69) is 25.3 Å².